The topological polar surface area (TPSA) is 12.0 Å². The van der Waals surface area contributed by atoms with E-state index in [1.54, 1.807) is 0 Å². The van der Waals surface area contributed by atoms with Crippen LogP contribution in [-0.4, -0.2) is 18.5 Å². The van der Waals surface area contributed by atoms with E-state index in [4.69, 9.17) is 11.6 Å². The Morgan fingerprint density at radius 3 is 2.47 bits per heavy atom. The summed E-state index contributed by atoms with van der Waals surface area (Å²) < 4.78 is 0. The van der Waals surface area contributed by atoms with Gasteiger partial charge in [-0.1, -0.05) is 44.2 Å². The van der Waals surface area contributed by atoms with Gasteiger partial charge in [-0.25, -0.2) is 0 Å². The van der Waals surface area contributed by atoms with Crippen molar-refractivity contribution in [2.24, 2.45) is 5.92 Å². The quantitative estimate of drug-likeness (QED) is 0.548. The van der Waals surface area contributed by atoms with Crippen LogP contribution in [0.1, 0.15) is 32.3 Å². The van der Waals surface area contributed by atoms with Gasteiger partial charge in [0.2, 0.25) is 0 Å². The van der Waals surface area contributed by atoms with Crippen molar-refractivity contribution in [2.75, 3.05) is 13.1 Å². The molecule has 1 aromatic rings. The first-order valence-corrected chi connectivity index (χ1v) is 7.02. The Kier molecular flexibility index (Phi) is 7.30. The Hall–Kier alpha value is -0.530. The maximum absolute atomic E-state index is 6.16. The third-order valence-corrected chi connectivity index (χ3v) is 3.63. The molecule has 96 valence electrons. The molecule has 0 bridgehead atoms. The Bertz CT molecular complexity index is 284. The molecule has 0 aliphatic heterocycles. The molecule has 1 atom stereocenters. The molecule has 0 saturated heterocycles. The largest absolute Gasteiger partial charge is 0.315 e. The van der Waals surface area contributed by atoms with Crippen LogP contribution in [0, 0.1) is 5.92 Å². The number of rotatable bonds is 8. The van der Waals surface area contributed by atoms with Crippen LogP contribution in [0.25, 0.3) is 0 Å². The molecule has 0 amide bonds. The minimum absolute atomic E-state index is 0.254. The lowest BCUT2D eigenvalue weighted by atomic mass is 10.1. The second kappa shape index (κ2) is 8.54. The molecule has 1 unspecified atom stereocenters. The number of nitrogens with one attached hydrogen (secondary N) is 1. The van der Waals surface area contributed by atoms with Gasteiger partial charge in [0, 0.05) is 11.9 Å². The number of halogens is 1. The van der Waals surface area contributed by atoms with Gasteiger partial charge in [0.25, 0.3) is 0 Å². The molecule has 1 nitrogen and oxygen atoms in total. The third kappa shape index (κ3) is 6.70. The standard InChI is InChI=1S/C15H24ClN/c1-13(2)15(16)12-17-11-7-6-10-14-8-4-3-5-9-14/h3-5,8-9,13,15,17H,6-7,10-12H2,1-2H3. The molecule has 0 fully saturated rings. The molecular weight excluding hydrogens is 230 g/mol. The molecule has 0 aromatic heterocycles. The summed E-state index contributed by atoms with van der Waals surface area (Å²) in [5.74, 6) is 0.550. The SMILES string of the molecule is CC(C)C(Cl)CNCCCCc1ccccc1. The number of aryl methyl sites for hydroxylation is 1. The van der Waals surface area contributed by atoms with E-state index in [-0.39, 0.29) is 5.38 Å². The van der Waals surface area contributed by atoms with E-state index in [1.165, 1.54) is 24.8 Å². The monoisotopic (exact) mass is 253 g/mol. The van der Waals surface area contributed by atoms with E-state index in [2.05, 4.69) is 49.5 Å². The van der Waals surface area contributed by atoms with Crippen molar-refractivity contribution in [1.29, 1.82) is 0 Å². The first-order valence-electron chi connectivity index (χ1n) is 6.59. The predicted molar refractivity (Wildman–Crippen MR) is 76.7 cm³/mol. The fourth-order valence-corrected chi connectivity index (χ4v) is 1.81. The van der Waals surface area contributed by atoms with E-state index in [9.17, 15) is 0 Å². The van der Waals surface area contributed by atoms with Crippen molar-refractivity contribution in [3.05, 3.63) is 35.9 Å². The zero-order valence-corrected chi connectivity index (χ0v) is 11.7. The Labute approximate surface area is 111 Å². The smallest absolute Gasteiger partial charge is 0.0483 e. The molecule has 0 saturated carbocycles. The third-order valence-electron chi connectivity index (χ3n) is 2.97. The Morgan fingerprint density at radius 2 is 1.82 bits per heavy atom. The predicted octanol–water partition coefficient (Wildman–Crippen LogP) is 3.86. The van der Waals surface area contributed by atoms with Crippen molar-refractivity contribution in [3.63, 3.8) is 0 Å². The highest BCUT2D eigenvalue weighted by Gasteiger charge is 2.07. The number of benzene rings is 1. The Morgan fingerprint density at radius 1 is 1.12 bits per heavy atom. The van der Waals surface area contributed by atoms with Crippen LogP contribution in [0.3, 0.4) is 0 Å². The Balaban J connectivity index is 1.98. The van der Waals surface area contributed by atoms with Crippen molar-refractivity contribution < 1.29 is 0 Å². The van der Waals surface area contributed by atoms with Crippen LogP contribution >= 0.6 is 11.6 Å². The van der Waals surface area contributed by atoms with Crippen molar-refractivity contribution in [1.82, 2.24) is 5.32 Å². The summed E-state index contributed by atoms with van der Waals surface area (Å²) in [6.07, 6.45) is 3.64. The van der Waals surface area contributed by atoms with E-state index in [0.717, 1.165) is 13.1 Å². The van der Waals surface area contributed by atoms with Gasteiger partial charge in [-0.3, -0.25) is 0 Å². The maximum Gasteiger partial charge on any atom is 0.0483 e. The first kappa shape index (κ1) is 14.5. The zero-order valence-electron chi connectivity index (χ0n) is 11.0. The second-order valence-electron chi connectivity index (χ2n) is 4.91. The van der Waals surface area contributed by atoms with Gasteiger partial charge in [0.15, 0.2) is 0 Å². The lowest BCUT2D eigenvalue weighted by Crippen LogP contribution is -2.27. The van der Waals surface area contributed by atoms with Crippen LogP contribution in [0.2, 0.25) is 0 Å². The summed E-state index contributed by atoms with van der Waals surface area (Å²) in [6, 6.07) is 10.7. The van der Waals surface area contributed by atoms with Crippen LogP contribution < -0.4 is 5.32 Å². The molecule has 0 heterocycles. The molecule has 1 N–H and O–H groups in total. The number of hydrogen-bond donors (Lipinski definition) is 1. The normalized spacial score (nSPS) is 12.9. The van der Waals surface area contributed by atoms with Gasteiger partial charge < -0.3 is 5.32 Å². The van der Waals surface area contributed by atoms with Gasteiger partial charge in [-0.2, -0.15) is 0 Å². The molecule has 0 aliphatic rings. The summed E-state index contributed by atoms with van der Waals surface area (Å²) in [4.78, 5) is 0. The van der Waals surface area contributed by atoms with Crippen molar-refractivity contribution in [3.8, 4) is 0 Å². The van der Waals surface area contributed by atoms with Gasteiger partial charge in [0.05, 0.1) is 0 Å². The van der Waals surface area contributed by atoms with E-state index in [0.29, 0.717) is 5.92 Å². The lowest BCUT2D eigenvalue weighted by Gasteiger charge is -2.13. The van der Waals surface area contributed by atoms with E-state index < -0.39 is 0 Å². The maximum atomic E-state index is 6.16. The van der Waals surface area contributed by atoms with Gasteiger partial charge in [0.1, 0.15) is 0 Å². The average molecular weight is 254 g/mol. The average Bonchev–Trinajstić information content (AvgIpc) is 2.34. The van der Waals surface area contributed by atoms with Crippen LogP contribution in [0.15, 0.2) is 30.3 Å². The number of hydrogen-bond acceptors (Lipinski definition) is 1. The molecular formula is C15H24ClN. The number of alkyl halides is 1. The highest BCUT2D eigenvalue weighted by Crippen LogP contribution is 2.08. The molecule has 1 rings (SSSR count). The van der Waals surface area contributed by atoms with E-state index in [1.807, 2.05) is 0 Å². The molecule has 17 heavy (non-hydrogen) atoms. The summed E-state index contributed by atoms with van der Waals surface area (Å²) in [5.41, 5.74) is 1.44. The summed E-state index contributed by atoms with van der Waals surface area (Å²) in [6.45, 7) is 6.32. The number of unbranched alkanes of at least 4 members (excludes halogenated alkanes) is 1. The summed E-state index contributed by atoms with van der Waals surface area (Å²) in [5, 5.41) is 3.67. The zero-order chi connectivity index (χ0) is 12.5. The van der Waals surface area contributed by atoms with Gasteiger partial charge >= 0.3 is 0 Å². The first-order chi connectivity index (χ1) is 8.20. The molecule has 0 aliphatic carbocycles. The van der Waals surface area contributed by atoms with E-state index >= 15 is 0 Å². The summed E-state index contributed by atoms with van der Waals surface area (Å²) in [7, 11) is 0. The molecule has 0 radical (unpaired) electrons. The minimum Gasteiger partial charge on any atom is -0.315 e. The fraction of sp³-hybridized carbons (Fsp3) is 0.600. The van der Waals surface area contributed by atoms with Crippen LogP contribution in [0.5, 0.6) is 0 Å². The van der Waals surface area contributed by atoms with Gasteiger partial charge in [-0.05, 0) is 37.3 Å². The lowest BCUT2D eigenvalue weighted by molar-refractivity contribution is 0.534. The van der Waals surface area contributed by atoms with Crippen molar-refractivity contribution in [2.45, 2.75) is 38.5 Å². The highest BCUT2D eigenvalue weighted by molar-refractivity contribution is 6.20. The van der Waals surface area contributed by atoms with Crippen LogP contribution in [-0.2, 0) is 6.42 Å². The fourth-order valence-electron chi connectivity index (χ4n) is 1.70. The van der Waals surface area contributed by atoms with Crippen molar-refractivity contribution >= 4 is 11.6 Å². The summed E-state index contributed by atoms with van der Waals surface area (Å²) >= 11 is 6.16. The highest BCUT2D eigenvalue weighted by atomic mass is 35.5. The second-order valence-corrected chi connectivity index (χ2v) is 5.47. The molecule has 0 spiro atoms. The van der Waals surface area contributed by atoms with Gasteiger partial charge in [-0.15, -0.1) is 11.6 Å². The van der Waals surface area contributed by atoms with Crippen LogP contribution in [0.4, 0.5) is 0 Å². The molecule has 1 aromatic carbocycles. The minimum atomic E-state index is 0.254. The molecule has 2 heteroatoms.